The molecule has 2 aromatic carbocycles. The Kier molecular flexibility index (Phi) is 6.46. The average Bonchev–Trinajstić information content (AvgIpc) is 2.84. The second-order valence-corrected chi connectivity index (χ2v) is 8.97. The van der Waals surface area contributed by atoms with E-state index in [2.05, 4.69) is 19.7 Å². The Morgan fingerprint density at radius 1 is 1.06 bits per heavy atom. The minimum atomic E-state index is -3.97. The van der Waals surface area contributed by atoms with Crippen molar-refractivity contribution in [3.8, 4) is 17.1 Å². The summed E-state index contributed by atoms with van der Waals surface area (Å²) in [7, 11) is -3.97. The Hall–Kier alpha value is -4.38. The first-order chi connectivity index (χ1) is 16.3. The van der Waals surface area contributed by atoms with Crippen molar-refractivity contribution in [2.24, 2.45) is 0 Å². The predicted octanol–water partition coefficient (Wildman–Crippen LogP) is 4.14. The number of hydrogen-bond donors (Lipinski definition) is 1. The summed E-state index contributed by atoms with van der Waals surface area (Å²) in [4.78, 5) is 23.3. The lowest BCUT2D eigenvalue weighted by Gasteiger charge is -2.13. The maximum Gasteiger partial charge on any atom is 0.270 e. The highest BCUT2D eigenvalue weighted by Crippen LogP contribution is 2.29. The third kappa shape index (κ3) is 5.33. The van der Waals surface area contributed by atoms with Gasteiger partial charge in [0.2, 0.25) is 5.82 Å². The largest absolute Gasteiger partial charge is 0.470 e. The van der Waals surface area contributed by atoms with Gasteiger partial charge in [0, 0.05) is 35.7 Å². The van der Waals surface area contributed by atoms with Crippen molar-refractivity contribution in [2.75, 3.05) is 4.72 Å². The lowest BCUT2D eigenvalue weighted by atomic mass is 10.1. The number of ether oxygens (including phenoxy) is 1. The molecule has 0 atom stereocenters. The number of aromatic nitrogens is 3. The highest BCUT2D eigenvalue weighted by molar-refractivity contribution is 7.92. The fourth-order valence-corrected chi connectivity index (χ4v) is 4.01. The number of nitrogens with one attached hydrogen (secondary N) is 1. The molecule has 172 valence electrons. The quantitative estimate of drug-likeness (QED) is 0.295. The highest BCUT2D eigenvalue weighted by atomic mass is 32.2. The minimum Gasteiger partial charge on any atom is -0.470 e. The average molecular weight is 478 g/mol. The number of non-ortho nitro benzene ring substituents is 1. The molecular weight excluding hydrogens is 458 g/mol. The van der Waals surface area contributed by atoms with Gasteiger partial charge in [-0.05, 0) is 25.1 Å². The molecule has 2 heterocycles. The van der Waals surface area contributed by atoms with Crippen LogP contribution < -0.4 is 9.46 Å². The van der Waals surface area contributed by atoms with Crippen LogP contribution in [0.1, 0.15) is 11.1 Å². The van der Waals surface area contributed by atoms with Crippen LogP contribution in [0.15, 0.2) is 84.1 Å². The first-order valence-electron chi connectivity index (χ1n) is 10.0. The molecule has 0 amide bonds. The lowest BCUT2D eigenvalue weighted by molar-refractivity contribution is -0.384. The molecule has 0 spiro atoms. The van der Waals surface area contributed by atoms with Crippen LogP contribution in [0.3, 0.4) is 0 Å². The molecule has 0 saturated heterocycles. The van der Waals surface area contributed by atoms with Gasteiger partial charge in [0.1, 0.15) is 6.61 Å². The van der Waals surface area contributed by atoms with Crippen LogP contribution in [0.25, 0.3) is 11.3 Å². The Labute approximate surface area is 195 Å². The minimum absolute atomic E-state index is 0.0557. The Morgan fingerprint density at radius 2 is 1.85 bits per heavy atom. The van der Waals surface area contributed by atoms with Crippen LogP contribution in [-0.4, -0.2) is 28.3 Å². The maximum atomic E-state index is 12.9. The first kappa shape index (κ1) is 22.8. The second kappa shape index (κ2) is 9.63. The van der Waals surface area contributed by atoms with E-state index in [0.29, 0.717) is 5.56 Å². The molecule has 2 aromatic heterocycles. The van der Waals surface area contributed by atoms with E-state index in [0.717, 1.165) is 11.1 Å². The summed E-state index contributed by atoms with van der Waals surface area (Å²) in [5.41, 5.74) is 2.25. The van der Waals surface area contributed by atoms with Gasteiger partial charge >= 0.3 is 0 Å². The number of hydrogen-bond acceptors (Lipinski definition) is 8. The second-order valence-electron chi connectivity index (χ2n) is 7.28. The van der Waals surface area contributed by atoms with Crippen molar-refractivity contribution in [1.82, 2.24) is 15.0 Å². The number of pyridine rings is 1. The van der Waals surface area contributed by atoms with E-state index in [9.17, 15) is 18.5 Å². The van der Waals surface area contributed by atoms with Gasteiger partial charge in [-0.3, -0.25) is 19.8 Å². The molecule has 1 N–H and O–H groups in total. The van der Waals surface area contributed by atoms with E-state index in [-0.39, 0.29) is 34.6 Å². The molecule has 11 heteroatoms. The number of nitro benzene ring substituents is 1. The molecule has 0 aliphatic rings. The summed E-state index contributed by atoms with van der Waals surface area (Å²) < 4.78 is 34.0. The Balaban J connectivity index is 1.70. The lowest BCUT2D eigenvalue weighted by Crippen LogP contribution is -2.15. The van der Waals surface area contributed by atoms with Crippen LogP contribution in [0.2, 0.25) is 0 Å². The van der Waals surface area contributed by atoms with Gasteiger partial charge in [-0.15, -0.1) is 0 Å². The summed E-state index contributed by atoms with van der Waals surface area (Å²) in [6, 6.07) is 15.8. The Bertz CT molecular complexity index is 1430. The highest BCUT2D eigenvalue weighted by Gasteiger charge is 2.20. The third-order valence-corrected chi connectivity index (χ3v) is 6.11. The smallest absolute Gasteiger partial charge is 0.270 e. The molecule has 0 aliphatic heterocycles. The summed E-state index contributed by atoms with van der Waals surface area (Å²) in [6.45, 7) is 1.91. The summed E-state index contributed by atoms with van der Waals surface area (Å²) in [5, 5.41) is 11.1. The summed E-state index contributed by atoms with van der Waals surface area (Å²) >= 11 is 0. The molecule has 0 bridgehead atoms. The van der Waals surface area contributed by atoms with Gasteiger partial charge < -0.3 is 4.74 Å². The zero-order chi connectivity index (χ0) is 24.1. The van der Waals surface area contributed by atoms with E-state index >= 15 is 0 Å². The molecule has 10 nitrogen and oxygen atoms in total. The van der Waals surface area contributed by atoms with Crippen molar-refractivity contribution < 1.29 is 18.1 Å². The summed E-state index contributed by atoms with van der Waals surface area (Å²) in [5.74, 6) is -0.192. The van der Waals surface area contributed by atoms with E-state index < -0.39 is 14.9 Å². The van der Waals surface area contributed by atoms with E-state index in [1.165, 1.54) is 36.5 Å². The normalized spacial score (nSPS) is 11.1. The van der Waals surface area contributed by atoms with Crippen molar-refractivity contribution in [2.45, 2.75) is 18.4 Å². The summed E-state index contributed by atoms with van der Waals surface area (Å²) in [6.07, 6.45) is 4.55. The van der Waals surface area contributed by atoms with Crippen molar-refractivity contribution in [3.05, 3.63) is 100 Å². The number of nitro groups is 1. The van der Waals surface area contributed by atoms with Crippen LogP contribution in [0, 0.1) is 17.0 Å². The van der Waals surface area contributed by atoms with E-state index in [1.807, 2.05) is 6.92 Å². The molecular formula is C23H19N5O5S. The molecule has 0 saturated carbocycles. The van der Waals surface area contributed by atoms with Gasteiger partial charge in [-0.25, -0.2) is 18.4 Å². The van der Waals surface area contributed by atoms with Crippen molar-refractivity contribution >= 4 is 21.5 Å². The number of sulfonamides is 1. The van der Waals surface area contributed by atoms with Gasteiger partial charge in [0.25, 0.3) is 21.6 Å². The predicted molar refractivity (Wildman–Crippen MR) is 125 cm³/mol. The molecule has 34 heavy (non-hydrogen) atoms. The number of aryl methyl sites for hydroxylation is 1. The fraction of sp³-hybridized carbons (Fsp3) is 0.0870. The van der Waals surface area contributed by atoms with E-state index in [4.69, 9.17) is 4.74 Å². The van der Waals surface area contributed by atoms with Gasteiger partial charge in [-0.1, -0.05) is 35.9 Å². The topological polar surface area (TPSA) is 137 Å². The molecule has 4 aromatic rings. The van der Waals surface area contributed by atoms with Gasteiger partial charge in [0.05, 0.1) is 21.7 Å². The zero-order valence-corrected chi connectivity index (χ0v) is 18.8. The van der Waals surface area contributed by atoms with Crippen molar-refractivity contribution in [3.63, 3.8) is 0 Å². The number of anilines is 1. The maximum absolute atomic E-state index is 12.9. The number of nitrogens with zero attached hydrogens (tertiary/aromatic N) is 4. The molecule has 4 rings (SSSR count). The van der Waals surface area contributed by atoms with Crippen LogP contribution >= 0.6 is 0 Å². The van der Waals surface area contributed by atoms with Gasteiger partial charge in [0.15, 0.2) is 0 Å². The standard InChI is InChI=1S/C23H19N5O5S/c1-16-7-9-20(10-8-16)34(31,32)27-22-23(33-15-17-4-3-11-24-13-17)26-21(14-25-22)18-5-2-6-19(12-18)28(29)30/h2-14H,15H2,1H3,(H,25,27). The molecule has 0 fully saturated rings. The first-order valence-corrected chi connectivity index (χ1v) is 11.5. The van der Waals surface area contributed by atoms with Crippen molar-refractivity contribution in [1.29, 1.82) is 0 Å². The third-order valence-electron chi connectivity index (χ3n) is 4.75. The number of rotatable bonds is 8. The molecule has 0 unspecified atom stereocenters. The van der Waals surface area contributed by atoms with Crippen LogP contribution in [-0.2, 0) is 16.6 Å². The molecule has 0 aliphatic carbocycles. The van der Waals surface area contributed by atoms with Crippen LogP contribution in [0.4, 0.5) is 11.5 Å². The molecule has 0 radical (unpaired) electrons. The number of benzene rings is 2. The van der Waals surface area contributed by atoms with Gasteiger partial charge in [-0.2, -0.15) is 0 Å². The van der Waals surface area contributed by atoms with E-state index in [1.54, 1.807) is 42.7 Å². The van der Waals surface area contributed by atoms with Crippen LogP contribution in [0.5, 0.6) is 5.88 Å². The SMILES string of the molecule is Cc1ccc(S(=O)(=O)Nc2ncc(-c3cccc([N+](=O)[O-])c3)nc2OCc2cccnc2)cc1. The zero-order valence-electron chi connectivity index (χ0n) is 18.0. The fourth-order valence-electron chi connectivity index (χ4n) is 3.00. The Morgan fingerprint density at radius 3 is 2.56 bits per heavy atom. The monoisotopic (exact) mass is 477 g/mol.